The topological polar surface area (TPSA) is 12.0 Å². The number of nitrogens with one attached hydrogen (secondary N) is 1. The van der Waals surface area contributed by atoms with E-state index in [1.165, 1.54) is 44.4 Å². The quantitative estimate of drug-likeness (QED) is 0.693. The van der Waals surface area contributed by atoms with E-state index in [0.717, 1.165) is 11.5 Å². The first kappa shape index (κ1) is 8.60. The summed E-state index contributed by atoms with van der Waals surface area (Å²) in [6, 6.07) is 0.848. The second-order valence-corrected chi connectivity index (χ2v) is 6.92. The molecule has 0 aromatic carbocycles. The van der Waals surface area contributed by atoms with Crippen molar-refractivity contribution in [3.8, 4) is 0 Å². The molecule has 0 aromatic heterocycles. The predicted octanol–water partition coefficient (Wildman–Crippen LogP) is 2.41. The molecular weight excluding hydrogens is 178 g/mol. The number of thioether (sulfide) groups is 1. The highest BCUT2D eigenvalue weighted by Crippen LogP contribution is 2.56. The van der Waals surface area contributed by atoms with Crippen LogP contribution in [-0.2, 0) is 0 Å². The molecule has 2 aliphatic heterocycles. The van der Waals surface area contributed by atoms with Crippen LogP contribution in [0.1, 0.15) is 39.0 Å². The molecule has 1 spiro atoms. The van der Waals surface area contributed by atoms with E-state index < -0.39 is 0 Å². The first-order valence-electron chi connectivity index (χ1n) is 5.63. The minimum absolute atomic E-state index is 0.582. The Bertz CT molecular complexity index is 211. The Morgan fingerprint density at radius 3 is 2.46 bits per heavy atom. The fourth-order valence-corrected chi connectivity index (χ4v) is 5.02. The van der Waals surface area contributed by atoms with Gasteiger partial charge in [-0.3, -0.25) is 0 Å². The van der Waals surface area contributed by atoms with Crippen molar-refractivity contribution in [2.75, 3.05) is 12.3 Å². The summed E-state index contributed by atoms with van der Waals surface area (Å²) < 4.78 is 0.582. The third-order valence-corrected chi connectivity index (χ3v) is 6.07. The van der Waals surface area contributed by atoms with E-state index in [1.807, 2.05) is 0 Å². The van der Waals surface area contributed by atoms with Crippen molar-refractivity contribution < 1.29 is 0 Å². The van der Waals surface area contributed by atoms with Crippen molar-refractivity contribution in [2.24, 2.45) is 5.41 Å². The maximum atomic E-state index is 3.70. The van der Waals surface area contributed by atoms with Crippen LogP contribution in [-0.4, -0.2) is 23.1 Å². The van der Waals surface area contributed by atoms with Gasteiger partial charge >= 0.3 is 0 Å². The summed E-state index contributed by atoms with van der Waals surface area (Å²) >= 11 is 2.22. The zero-order valence-corrected chi connectivity index (χ0v) is 9.25. The highest BCUT2D eigenvalue weighted by Gasteiger charge is 2.58. The molecule has 1 aliphatic carbocycles. The van der Waals surface area contributed by atoms with E-state index in [1.54, 1.807) is 0 Å². The van der Waals surface area contributed by atoms with Gasteiger partial charge in [0.25, 0.3) is 0 Å². The van der Waals surface area contributed by atoms with E-state index in [4.69, 9.17) is 0 Å². The standard InChI is InChI=1S/C11H19NS/c1-10(4-3-7-13-10)9-11(8-12-9)5-2-6-11/h9,12H,2-8H2,1H3. The molecule has 0 bridgehead atoms. The molecule has 1 N–H and O–H groups in total. The highest BCUT2D eigenvalue weighted by molar-refractivity contribution is 8.00. The van der Waals surface area contributed by atoms with Gasteiger partial charge in [0.05, 0.1) is 0 Å². The Morgan fingerprint density at radius 2 is 2.08 bits per heavy atom. The third kappa shape index (κ3) is 1.05. The fraction of sp³-hybridized carbons (Fsp3) is 1.00. The average molecular weight is 197 g/mol. The second-order valence-electron chi connectivity index (χ2n) is 5.29. The van der Waals surface area contributed by atoms with Crippen LogP contribution in [0.15, 0.2) is 0 Å². The molecule has 13 heavy (non-hydrogen) atoms. The molecule has 2 atom stereocenters. The van der Waals surface area contributed by atoms with Crippen LogP contribution >= 0.6 is 11.8 Å². The summed E-state index contributed by atoms with van der Waals surface area (Å²) in [6.07, 6.45) is 7.37. The Hall–Kier alpha value is 0.310. The van der Waals surface area contributed by atoms with Gasteiger partial charge in [-0.1, -0.05) is 6.42 Å². The van der Waals surface area contributed by atoms with Gasteiger partial charge in [-0.05, 0) is 43.8 Å². The largest absolute Gasteiger partial charge is 0.311 e. The predicted molar refractivity (Wildman–Crippen MR) is 58.2 cm³/mol. The zero-order chi connectivity index (χ0) is 8.94. The van der Waals surface area contributed by atoms with E-state index >= 15 is 0 Å². The van der Waals surface area contributed by atoms with Gasteiger partial charge in [0, 0.05) is 17.3 Å². The molecule has 0 amide bonds. The Labute approximate surface area is 85.0 Å². The minimum Gasteiger partial charge on any atom is -0.311 e. The van der Waals surface area contributed by atoms with Crippen LogP contribution in [0.4, 0.5) is 0 Å². The second kappa shape index (κ2) is 2.66. The molecule has 2 heterocycles. The van der Waals surface area contributed by atoms with Gasteiger partial charge in [0.15, 0.2) is 0 Å². The fourth-order valence-electron chi connectivity index (χ4n) is 3.48. The Kier molecular flexibility index (Phi) is 1.76. The maximum absolute atomic E-state index is 3.70. The van der Waals surface area contributed by atoms with Gasteiger partial charge in [0.2, 0.25) is 0 Å². The summed E-state index contributed by atoms with van der Waals surface area (Å²) in [6.45, 7) is 3.80. The summed E-state index contributed by atoms with van der Waals surface area (Å²) in [5.74, 6) is 1.39. The molecule has 0 radical (unpaired) electrons. The van der Waals surface area contributed by atoms with Gasteiger partial charge in [-0.15, -0.1) is 0 Å². The van der Waals surface area contributed by atoms with Crippen molar-refractivity contribution in [3.63, 3.8) is 0 Å². The maximum Gasteiger partial charge on any atom is 0.0291 e. The third-order valence-electron chi connectivity index (χ3n) is 4.48. The molecule has 0 aromatic rings. The van der Waals surface area contributed by atoms with Crippen LogP contribution in [0.2, 0.25) is 0 Å². The van der Waals surface area contributed by atoms with Crippen molar-refractivity contribution in [1.82, 2.24) is 5.32 Å². The van der Waals surface area contributed by atoms with Gasteiger partial charge < -0.3 is 5.32 Å². The number of hydrogen-bond acceptors (Lipinski definition) is 2. The molecule has 2 saturated heterocycles. The lowest BCUT2D eigenvalue weighted by Crippen LogP contribution is -2.71. The summed E-state index contributed by atoms with van der Waals surface area (Å²) in [7, 11) is 0. The van der Waals surface area contributed by atoms with Crippen LogP contribution in [0, 0.1) is 5.41 Å². The smallest absolute Gasteiger partial charge is 0.0291 e. The molecular formula is C11H19NS. The molecule has 3 rings (SSSR count). The van der Waals surface area contributed by atoms with Gasteiger partial charge in [0.1, 0.15) is 0 Å². The number of rotatable bonds is 1. The monoisotopic (exact) mass is 197 g/mol. The summed E-state index contributed by atoms with van der Waals surface area (Å²) in [5, 5.41) is 3.70. The van der Waals surface area contributed by atoms with E-state index in [0.29, 0.717) is 4.75 Å². The van der Waals surface area contributed by atoms with E-state index in [9.17, 15) is 0 Å². The first-order valence-corrected chi connectivity index (χ1v) is 6.61. The molecule has 3 aliphatic rings. The van der Waals surface area contributed by atoms with Crippen molar-refractivity contribution in [3.05, 3.63) is 0 Å². The Morgan fingerprint density at radius 1 is 1.23 bits per heavy atom. The van der Waals surface area contributed by atoms with E-state index in [-0.39, 0.29) is 0 Å². The Balaban J connectivity index is 1.77. The lowest BCUT2D eigenvalue weighted by Gasteiger charge is -2.61. The van der Waals surface area contributed by atoms with Crippen LogP contribution < -0.4 is 5.32 Å². The van der Waals surface area contributed by atoms with Crippen molar-refractivity contribution in [2.45, 2.75) is 49.8 Å². The normalized spacial score (nSPS) is 47.3. The molecule has 2 heteroatoms. The summed E-state index contributed by atoms with van der Waals surface area (Å²) in [5.41, 5.74) is 0.756. The molecule has 3 fully saturated rings. The lowest BCUT2D eigenvalue weighted by molar-refractivity contribution is -0.0217. The zero-order valence-electron chi connectivity index (χ0n) is 8.44. The van der Waals surface area contributed by atoms with Crippen LogP contribution in [0.3, 0.4) is 0 Å². The van der Waals surface area contributed by atoms with E-state index in [2.05, 4.69) is 24.0 Å². The van der Waals surface area contributed by atoms with Crippen molar-refractivity contribution >= 4 is 11.8 Å². The highest BCUT2D eigenvalue weighted by atomic mass is 32.2. The molecule has 2 unspecified atom stereocenters. The van der Waals surface area contributed by atoms with Gasteiger partial charge in [-0.2, -0.15) is 11.8 Å². The van der Waals surface area contributed by atoms with Gasteiger partial charge in [-0.25, -0.2) is 0 Å². The molecule has 1 nitrogen and oxygen atoms in total. The SMILES string of the molecule is CC1(C2NCC23CCC3)CCCS1. The average Bonchev–Trinajstić information content (AvgIpc) is 2.30. The molecule has 74 valence electrons. The first-order chi connectivity index (χ1) is 6.25. The number of hydrogen-bond donors (Lipinski definition) is 1. The summed E-state index contributed by atoms with van der Waals surface area (Å²) in [4.78, 5) is 0. The van der Waals surface area contributed by atoms with Crippen molar-refractivity contribution in [1.29, 1.82) is 0 Å². The molecule has 1 saturated carbocycles. The van der Waals surface area contributed by atoms with Crippen LogP contribution in [0.25, 0.3) is 0 Å². The van der Waals surface area contributed by atoms with Crippen LogP contribution in [0.5, 0.6) is 0 Å². The lowest BCUT2D eigenvalue weighted by atomic mass is 9.56. The minimum atomic E-state index is 0.582.